The van der Waals surface area contributed by atoms with Crippen molar-refractivity contribution in [1.82, 2.24) is 0 Å². The largest absolute Gasteiger partial charge is 0.497 e. The molecule has 2 aromatic carbocycles. The van der Waals surface area contributed by atoms with Gasteiger partial charge in [0.1, 0.15) is 11.9 Å². The summed E-state index contributed by atoms with van der Waals surface area (Å²) in [7, 11) is 1.67. The smallest absolute Gasteiger partial charge is 0.137 e. The van der Waals surface area contributed by atoms with Crippen molar-refractivity contribution in [2.24, 2.45) is 5.16 Å². The molecule has 0 radical (unpaired) electrons. The molecule has 1 aliphatic rings. The topological polar surface area (TPSA) is 30.8 Å². The van der Waals surface area contributed by atoms with Gasteiger partial charge in [0.15, 0.2) is 0 Å². The molecule has 0 aromatic heterocycles. The van der Waals surface area contributed by atoms with Gasteiger partial charge in [-0.2, -0.15) is 0 Å². The molecule has 0 N–H and O–H groups in total. The van der Waals surface area contributed by atoms with E-state index >= 15 is 0 Å². The lowest BCUT2D eigenvalue weighted by Gasteiger charge is -2.09. The molecule has 108 valence electrons. The Labute approximate surface area is 129 Å². The predicted molar refractivity (Wildman–Crippen MR) is 84.2 cm³/mol. The molecule has 1 heterocycles. The monoisotopic (exact) mass is 301 g/mol. The van der Waals surface area contributed by atoms with Crippen LogP contribution < -0.4 is 4.74 Å². The molecule has 0 unspecified atom stereocenters. The fourth-order valence-corrected chi connectivity index (χ4v) is 2.54. The van der Waals surface area contributed by atoms with Crippen molar-refractivity contribution < 1.29 is 9.57 Å². The van der Waals surface area contributed by atoms with Crippen molar-refractivity contribution in [3.63, 3.8) is 0 Å². The second-order valence-corrected chi connectivity index (χ2v) is 5.47. The average Bonchev–Trinajstić information content (AvgIpc) is 2.96. The van der Waals surface area contributed by atoms with Gasteiger partial charge in [-0.15, -0.1) is 0 Å². The lowest BCUT2D eigenvalue weighted by Crippen LogP contribution is -2.11. The number of ether oxygens (including phenoxy) is 1. The molecule has 0 fully saturated rings. The number of hydrogen-bond acceptors (Lipinski definition) is 3. The molecular formula is C17H16ClNO2. The summed E-state index contributed by atoms with van der Waals surface area (Å²) in [6, 6.07) is 15.7. The molecule has 2 aromatic rings. The maximum absolute atomic E-state index is 5.90. The van der Waals surface area contributed by atoms with Crippen LogP contribution in [0.2, 0.25) is 5.02 Å². The van der Waals surface area contributed by atoms with E-state index in [9.17, 15) is 0 Å². The molecule has 0 spiro atoms. The average molecular weight is 302 g/mol. The quantitative estimate of drug-likeness (QED) is 0.852. The summed E-state index contributed by atoms with van der Waals surface area (Å²) in [5, 5.41) is 4.93. The minimum Gasteiger partial charge on any atom is -0.497 e. The molecule has 1 aliphatic heterocycles. The summed E-state index contributed by atoms with van der Waals surface area (Å²) in [6.45, 7) is 0. The van der Waals surface area contributed by atoms with Crippen LogP contribution in [0.15, 0.2) is 53.7 Å². The zero-order valence-electron chi connectivity index (χ0n) is 11.8. The number of nitrogens with zero attached hydrogens (tertiary/aromatic N) is 1. The first-order chi connectivity index (χ1) is 10.2. The number of halogens is 1. The molecule has 0 saturated carbocycles. The highest BCUT2D eigenvalue weighted by molar-refractivity contribution is 6.30. The van der Waals surface area contributed by atoms with Gasteiger partial charge in [0, 0.05) is 17.9 Å². The maximum atomic E-state index is 5.90. The van der Waals surface area contributed by atoms with E-state index in [1.807, 2.05) is 42.5 Å². The van der Waals surface area contributed by atoms with Crippen LogP contribution >= 0.6 is 11.6 Å². The van der Waals surface area contributed by atoms with Gasteiger partial charge < -0.3 is 9.57 Å². The molecule has 0 bridgehead atoms. The van der Waals surface area contributed by atoms with Crippen molar-refractivity contribution in [3.05, 3.63) is 64.7 Å². The van der Waals surface area contributed by atoms with Gasteiger partial charge in [0.2, 0.25) is 0 Å². The second kappa shape index (κ2) is 6.19. The van der Waals surface area contributed by atoms with E-state index in [0.29, 0.717) is 0 Å². The molecule has 3 nitrogen and oxygen atoms in total. The highest BCUT2D eigenvalue weighted by Crippen LogP contribution is 2.22. The van der Waals surface area contributed by atoms with E-state index in [-0.39, 0.29) is 6.10 Å². The van der Waals surface area contributed by atoms with Crippen LogP contribution in [0.5, 0.6) is 5.75 Å². The summed E-state index contributed by atoms with van der Waals surface area (Å²) >= 11 is 5.90. The Hall–Kier alpha value is -2.00. The number of oxime groups is 1. The van der Waals surface area contributed by atoms with E-state index in [0.717, 1.165) is 34.9 Å². The number of hydrogen-bond donors (Lipinski definition) is 0. The van der Waals surface area contributed by atoms with Gasteiger partial charge in [-0.3, -0.25) is 0 Å². The van der Waals surface area contributed by atoms with Gasteiger partial charge in [-0.05, 0) is 35.4 Å². The maximum Gasteiger partial charge on any atom is 0.137 e. The zero-order chi connectivity index (χ0) is 14.7. The number of methoxy groups -OCH3 is 1. The first kappa shape index (κ1) is 14.0. The van der Waals surface area contributed by atoms with Crippen LogP contribution in [0.4, 0.5) is 0 Å². The lowest BCUT2D eigenvalue weighted by molar-refractivity contribution is 0.0859. The van der Waals surface area contributed by atoms with Crippen molar-refractivity contribution >= 4 is 17.3 Å². The Kier molecular flexibility index (Phi) is 4.11. The molecule has 1 atom stereocenters. The summed E-state index contributed by atoms with van der Waals surface area (Å²) in [5.74, 6) is 0.865. The van der Waals surface area contributed by atoms with Crippen molar-refractivity contribution in [2.45, 2.75) is 18.9 Å². The first-order valence-corrected chi connectivity index (χ1v) is 7.24. The number of benzene rings is 2. The Morgan fingerprint density at radius 1 is 1.24 bits per heavy atom. The molecule has 0 aliphatic carbocycles. The van der Waals surface area contributed by atoms with Gasteiger partial charge in [0.25, 0.3) is 0 Å². The highest BCUT2D eigenvalue weighted by atomic mass is 35.5. The third-order valence-corrected chi connectivity index (χ3v) is 3.76. The standard InChI is InChI=1S/C17H16ClNO2/c1-20-15-4-2-3-12(9-15)10-16-11-17(19-21-16)13-5-7-14(18)8-6-13/h2-9,16H,10-11H2,1H3/t16-/m0/s1. The Morgan fingerprint density at radius 2 is 2.05 bits per heavy atom. The summed E-state index contributed by atoms with van der Waals surface area (Å²) in [4.78, 5) is 5.54. The second-order valence-electron chi connectivity index (χ2n) is 5.03. The van der Waals surface area contributed by atoms with Crippen molar-refractivity contribution in [3.8, 4) is 5.75 Å². The lowest BCUT2D eigenvalue weighted by atomic mass is 10.0. The summed E-state index contributed by atoms with van der Waals surface area (Å²) in [5.41, 5.74) is 3.22. The Balaban J connectivity index is 1.64. The van der Waals surface area contributed by atoms with Crippen LogP contribution in [0.25, 0.3) is 0 Å². The molecule has 0 amide bonds. The minimum atomic E-state index is 0.0720. The normalized spacial score (nSPS) is 17.2. The van der Waals surface area contributed by atoms with Crippen LogP contribution in [0.1, 0.15) is 17.5 Å². The summed E-state index contributed by atoms with van der Waals surface area (Å²) < 4.78 is 5.24. The predicted octanol–water partition coefficient (Wildman–Crippen LogP) is 4.08. The van der Waals surface area contributed by atoms with Crippen molar-refractivity contribution in [1.29, 1.82) is 0 Å². The third-order valence-electron chi connectivity index (χ3n) is 3.51. The van der Waals surface area contributed by atoms with Gasteiger partial charge in [0.05, 0.1) is 12.8 Å². The van der Waals surface area contributed by atoms with Gasteiger partial charge in [-0.1, -0.05) is 41.0 Å². The minimum absolute atomic E-state index is 0.0720. The van der Waals surface area contributed by atoms with Crippen LogP contribution in [0.3, 0.4) is 0 Å². The highest BCUT2D eigenvalue weighted by Gasteiger charge is 2.22. The van der Waals surface area contributed by atoms with E-state index in [1.54, 1.807) is 7.11 Å². The van der Waals surface area contributed by atoms with E-state index in [4.69, 9.17) is 21.2 Å². The van der Waals surface area contributed by atoms with E-state index < -0.39 is 0 Å². The van der Waals surface area contributed by atoms with Gasteiger partial charge in [-0.25, -0.2) is 0 Å². The molecule has 4 heteroatoms. The van der Waals surface area contributed by atoms with Crippen LogP contribution in [-0.4, -0.2) is 18.9 Å². The molecule has 3 rings (SSSR count). The fourth-order valence-electron chi connectivity index (χ4n) is 2.41. The Morgan fingerprint density at radius 3 is 2.81 bits per heavy atom. The van der Waals surface area contributed by atoms with Crippen LogP contribution in [0, 0.1) is 0 Å². The zero-order valence-corrected chi connectivity index (χ0v) is 12.5. The molecule has 21 heavy (non-hydrogen) atoms. The molecule has 0 saturated heterocycles. The third kappa shape index (κ3) is 3.37. The van der Waals surface area contributed by atoms with E-state index in [2.05, 4.69) is 11.2 Å². The van der Waals surface area contributed by atoms with Crippen LogP contribution in [-0.2, 0) is 11.3 Å². The Bertz CT molecular complexity index is 652. The molecular weight excluding hydrogens is 286 g/mol. The van der Waals surface area contributed by atoms with E-state index in [1.165, 1.54) is 5.56 Å². The summed E-state index contributed by atoms with van der Waals surface area (Å²) in [6.07, 6.45) is 1.69. The SMILES string of the molecule is COc1cccc(C[C@H]2CC(c3ccc(Cl)cc3)=NO2)c1. The van der Waals surface area contributed by atoms with Gasteiger partial charge >= 0.3 is 0 Å². The van der Waals surface area contributed by atoms with Crippen molar-refractivity contribution in [2.75, 3.05) is 7.11 Å². The fraction of sp³-hybridized carbons (Fsp3) is 0.235. The first-order valence-electron chi connectivity index (χ1n) is 6.86. The number of rotatable bonds is 4.